The van der Waals surface area contributed by atoms with Crippen molar-refractivity contribution in [1.29, 1.82) is 0 Å². The molecule has 2 aromatic rings. The van der Waals surface area contributed by atoms with E-state index in [1.165, 1.54) is 26.2 Å². The number of methoxy groups -OCH3 is 1. The van der Waals surface area contributed by atoms with Crippen molar-refractivity contribution in [1.82, 2.24) is 0 Å². The quantitative estimate of drug-likeness (QED) is 0.557. The van der Waals surface area contributed by atoms with Gasteiger partial charge in [-0.05, 0) is 56.3 Å². The zero-order chi connectivity index (χ0) is 22.3. The molecule has 0 spiro atoms. The number of ether oxygens (including phenoxy) is 2. The van der Waals surface area contributed by atoms with E-state index >= 15 is 0 Å². The predicted octanol–water partition coefficient (Wildman–Crippen LogP) is 2.82. The maximum absolute atomic E-state index is 12.3. The van der Waals surface area contributed by atoms with Gasteiger partial charge in [0, 0.05) is 18.3 Å². The van der Waals surface area contributed by atoms with Crippen molar-refractivity contribution in [2.45, 2.75) is 26.9 Å². The van der Waals surface area contributed by atoms with Crippen LogP contribution in [0.2, 0.25) is 0 Å². The van der Waals surface area contributed by atoms with Crippen LogP contribution in [0.5, 0.6) is 11.5 Å². The van der Waals surface area contributed by atoms with Crippen molar-refractivity contribution in [2.24, 2.45) is 0 Å². The van der Waals surface area contributed by atoms with E-state index in [0.29, 0.717) is 28.6 Å². The normalized spacial score (nSPS) is 11.0. The number of hydrogen-bond donors (Lipinski definition) is 3. The van der Waals surface area contributed by atoms with Crippen LogP contribution >= 0.6 is 0 Å². The lowest BCUT2D eigenvalue weighted by atomic mass is 10.2. The molecule has 0 aliphatic rings. The lowest BCUT2D eigenvalue weighted by molar-refractivity contribution is -0.114. The summed E-state index contributed by atoms with van der Waals surface area (Å²) in [4.78, 5) is 23.5. The summed E-state index contributed by atoms with van der Waals surface area (Å²) >= 11 is 0. The molecule has 162 valence electrons. The van der Waals surface area contributed by atoms with Gasteiger partial charge in [0.25, 0.3) is 0 Å². The van der Waals surface area contributed by atoms with Gasteiger partial charge in [0.15, 0.2) is 0 Å². The monoisotopic (exact) mass is 435 g/mol. The lowest BCUT2D eigenvalue weighted by Crippen LogP contribution is -2.27. The van der Waals surface area contributed by atoms with Gasteiger partial charge in [0.2, 0.25) is 21.8 Å². The molecule has 0 saturated heterocycles. The molecule has 0 radical (unpaired) electrons. The SMILES string of the molecule is COc1ccc(NC(=O)CS(=O)(=O)Nc2ccc(OC(C)C)cc2)cc1NC(C)=O. The first-order valence-electron chi connectivity index (χ1n) is 9.10. The highest BCUT2D eigenvalue weighted by molar-refractivity contribution is 7.93. The number of anilines is 3. The molecular weight excluding hydrogens is 410 g/mol. The van der Waals surface area contributed by atoms with E-state index in [0.717, 1.165) is 0 Å². The Morgan fingerprint density at radius 3 is 2.20 bits per heavy atom. The molecule has 30 heavy (non-hydrogen) atoms. The third-order valence-corrected chi connectivity index (χ3v) is 4.80. The fourth-order valence-electron chi connectivity index (χ4n) is 2.53. The predicted molar refractivity (Wildman–Crippen MR) is 116 cm³/mol. The Hall–Kier alpha value is -3.27. The van der Waals surface area contributed by atoms with Gasteiger partial charge < -0.3 is 20.1 Å². The molecule has 3 N–H and O–H groups in total. The van der Waals surface area contributed by atoms with Gasteiger partial charge in [-0.15, -0.1) is 0 Å². The largest absolute Gasteiger partial charge is 0.495 e. The molecule has 9 nitrogen and oxygen atoms in total. The fourth-order valence-corrected chi connectivity index (χ4v) is 3.52. The van der Waals surface area contributed by atoms with Crippen LogP contribution in [0.4, 0.5) is 17.1 Å². The summed E-state index contributed by atoms with van der Waals surface area (Å²) in [5, 5.41) is 5.07. The topological polar surface area (TPSA) is 123 Å². The Bertz CT molecular complexity index is 1000. The molecule has 10 heteroatoms. The van der Waals surface area contributed by atoms with E-state index in [1.807, 2.05) is 13.8 Å². The summed E-state index contributed by atoms with van der Waals surface area (Å²) in [6.45, 7) is 5.11. The van der Waals surface area contributed by atoms with E-state index in [2.05, 4.69) is 15.4 Å². The Morgan fingerprint density at radius 2 is 1.63 bits per heavy atom. The maximum atomic E-state index is 12.3. The Labute approximate surface area is 175 Å². The molecule has 0 unspecified atom stereocenters. The van der Waals surface area contributed by atoms with Gasteiger partial charge in [-0.2, -0.15) is 0 Å². The first-order chi connectivity index (χ1) is 14.1. The van der Waals surface area contributed by atoms with Crippen LogP contribution in [0.25, 0.3) is 0 Å². The van der Waals surface area contributed by atoms with Crippen LogP contribution in [0.3, 0.4) is 0 Å². The van der Waals surface area contributed by atoms with Crippen molar-refractivity contribution in [3.05, 3.63) is 42.5 Å². The molecule has 0 atom stereocenters. The molecule has 0 bridgehead atoms. The second-order valence-electron chi connectivity index (χ2n) is 6.70. The second-order valence-corrected chi connectivity index (χ2v) is 8.42. The third-order valence-electron chi connectivity index (χ3n) is 3.61. The molecule has 2 rings (SSSR count). The number of hydrogen-bond acceptors (Lipinski definition) is 6. The van der Waals surface area contributed by atoms with Crippen molar-refractivity contribution in [2.75, 3.05) is 28.2 Å². The Kier molecular flexibility index (Phi) is 7.65. The summed E-state index contributed by atoms with van der Waals surface area (Å²) < 4.78 is 37.6. The summed E-state index contributed by atoms with van der Waals surface area (Å²) in [5.41, 5.74) is 0.985. The van der Waals surface area contributed by atoms with Gasteiger partial charge in [0.1, 0.15) is 17.3 Å². The van der Waals surface area contributed by atoms with Crippen molar-refractivity contribution in [3.63, 3.8) is 0 Å². The molecular formula is C20H25N3O6S. The summed E-state index contributed by atoms with van der Waals surface area (Å²) in [7, 11) is -2.49. The zero-order valence-electron chi connectivity index (χ0n) is 17.2. The number of amides is 2. The molecule has 2 aromatic carbocycles. The number of carbonyl (C=O) groups excluding carboxylic acids is 2. The Morgan fingerprint density at radius 1 is 1.00 bits per heavy atom. The second kappa shape index (κ2) is 9.97. The number of rotatable bonds is 9. The molecule has 0 aliphatic carbocycles. The highest BCUT2D eigenvalue weighted by Crippen LogP contribution is 2.28. The van der Waals surface area contributed by atoms with Crippen molar-refractivity contribution < 1.29 is 27.5 Å². The van der Waals surface area contributed by atoms with Gasteiger partial charge in [-0.1, -0.05) is 0 Å². The minimum atomic E-state index is -3.93. The molecule has 0 aromatic heterocycles. The molecule has 0 saturated carbocycles. The zero-order valence-corrected chi connectivity index (χ0v) is 18.0. The highest BCUT2D eigenvalue weighted by Gasteiger charge is 2.17. The van der Waals surface area contributed by atoms with E-state index in [1.54, 1.807) is 30.3 Å². The number of carbonyl (C=O) groups is 2. The minimum absolute atomic E-state index is 0.000329. The number of benzene rings is 2. The van der Waals surface area contributed by atoms with Crippen LogP contribution in [-0.4, -0.2) is 39.2 Å². The van der Waals surface area contributed by atoms with Crippen LogP contribution in [-0.2, 0) is 19.6 Å². The van der Waals surface area contributed by atoms with Crippen molar-refractivity contribution in [3.8, 4) is 11.5 Å². The van der Waals surface area contributed by atoms with Crippen LogP contribution in [0.15, 0.2) is 42.5 Å². The van der Waals surface area contributed by atoms with Gasteiger partial charge in [0.05, 0.1) is 18.9 Å². The standard InChI is InChI=1S/C20H25N3O6S/c1-13(2)29-17-8-5-15(6-9-17)23-30(26,27)12-20(25)22-16-7-10-19(28-4)18(11-16)21-14(3)24/h5-11,13,23H,12H2,1-4H3,(H,21,24)(H,22,25). The van der Waals surface area contributed by atoms with Crippen LogP contribution in [0.1, 0.15) is 20.8 Å². The maximum Gasteiger partial charge on any atom is 0.241 e. The third kappa shape index (κ3) is 7.28. The summed E-state index contributed by atoms with van der Waals surface area (Å²) in [5.74, 6) is -0.809. The molecule has 0 heterocycles. The lowest BCUT2D eigenvalue weighted by Gasteiger charge is -2.13. The van der Waals surface area contributed by atoms with Gasteiger partial charge >= 0.3 is 0 Å². The first-order valence-corrected chi connectivity index (χ1v) is 10.8. The number of nitrogens with one attached hydrogen (secondary N) is 3. The fraction of sp³-hybridized carbons (Fsp3) is 0.300. The van der Waals surface area contributed by atoms with Crippen molar-refractivity contribution >= 4 is 38.9 Å². The van der Waals surface area contributed by atoms with Crippen LogP contribution in [0, 0.1) is 0 Å². The average molecular weight is 436 g/mol. The van der Waals surface area contributed by atoms with E-state index in [-0.39, 0.29) is 12.0 Å². The molecule has 0 aliphatic heterocycles. The summed E-state index contributed by atoms with van der Waals surface area (Å²) in [6.07, 6.45) is 0.000329. The van der Waals surface area contributed by atoms with Gasteiger partial charge in [-0.3, -0.25) is 14.3 Å². The summed E-state index contributed by atoms with van der Waals surface area (Å²) in [6, 6.07) is 10.9. The smallest absolute Gasteiger partial charge is 0.241 e. The Balaban J connectivity index is 2.01. The first kappa shape index (κ1) is 23.0. The van der Waals surface area contributed by atoms with E-state index < -0.39 is 21.7 Å². The average Bonchev–Trinajstić information content (AvgIpc) is 2.62. The van der Waals surface area contributed by atoms with Gasteiger partial charge in [-0.25, -0.2) is 8.42 Å². The molecule has 0 fully saturated rings. The van der Waals surface area contributed by atoms with E-state index in [4.69, 9.17) is 9.47 Å². The number of sulfonamides is 1. The highest BCUT2D eigenvalue weighted by atomic mass is 32.2. The minimum Gasteiger partial charge on any atom is -0.495 e. The van der Waals surface area contributed by atoms with E-state index in [9.17, 15) is 18.0 Å². The van der Waals surface area contributed by atoms with Crippen LogP contribution < -0.4 is 24.8 Å². The molecule has 2 amide bonds.